The van der Waals surface area contributed by atoms with E-state index in [0.717, 1.165) is 36.8 Å². The highest BCUT2D eigenvalue weighted by molar-refractivity contribution is 5.76. The average Bonchev–Trinajstić information content (AvgIpc) is 3.41. The summed E-state index contributed by atoms with van der Waals surface area (Å²) in [4.78, 5) is 32.6. The van der Waals surface area contributed by atoms with Crippen LogP contribution in [-0.4, -0.2) is 44.2 Å². The fourth-order valence-corrected chi connectivity index (χ4v) is 6.06. The maximum Gasteiger partial charge on any atom is 0.253 e. The molecule has 190 valence electrons. The number of amides is 1. The van der Waals surface area contributed by atoms with Crippen molar-refractivity contribution in [3.63, 3.8) is 0 Å². The molecule has 7 nitrogen and oxygen atoms in total. The lowest BCUT2D eigenvalue weighted by molar-refractivity contribution is -0.160. The topological polar surface area (TPSA) is 99.2 Å². The second-order valence-electron chi connectivity index (χ2n) is 10.5. The van der Waals surface area contributed by atoms with Gasteiger partial charge in [0.2, 0.25) is 5.91 Å². The van der Waals surface area contributed by atoms with Crippen molar-refractivity contribution in [3.8, 4) is 17.3 Å². The number of piperidine rings is 1. The van der Waals surface area contributed by atoms with Crippen molar-refractivity contribution < 1.29 is 9.90 Å². The molecule has 1 saturated carbocycles. The van der Waals surface area contributed by atoms with E-state index in [0.29, 0.717) is 43.6 Å². The van der Waals surface area contributed by atoms with Gasteiger partial charge in [-0.15, -0.1) is 0 Å². The monoisotopic (exact) mass is 496 g/mol. The first kappa shape index (κ1) is 24.9. The zero-order chi connectivity index (χ0) is 25.9. The molecule has 1 aromatic heterocycles. The largest absolute Gasteiger partial charge is 0.387 e. The van der Waals surface area contributed by atoms with Gasteiger partial charge in [0.25, 0.3) is 5.56 Å². The zero-order valence-corrected chi connectivity index (χ0v) is 21.0. The molecular formula is C30H32N4O3. The first-order chi connectivity index (χ1) is 17.9. The molecule has 1 atom stereocenters. The first-order valence-electron chi connectivity index (χ1n) is 13.0. The van der Waals surface area contributed by atoms with E-state index in [1.165, 1.54) is 10.6 Å². The molecule has 2 aromatic carbocycles. The third-order valence-electron chi connectivity index (χ3n) is 8.28. The minimum absolute atomic E-state index is 0.0868. The maximum atomic E-state index is 13.2. The van der Waals surface area contributed by atoms with Gasteiger partial charge in [0.15, 0.2) is 0 Å². The van der Waals surface area contributed by atoms with Crippen LogP contribution in [0.15, 0.2) is 71.8 Å². The molecule has 0 bridgehead atoms. The Hall–Kier alpha value is -3.76. The number of aromatic nitrogens is 2. The summed E-state index contributed by atoms with van der Waals surface area (Å²) >= 11 is 0. The fourth-order valence-electron chi connectivity index (χ4n) is 6.06. The van der Waals surface area contributed by atoms with Crippen molar-refractivity contribution in [2.24, 2.45) is 5.41 Å². The molecule has 1 N–H and O–H groups in total. The number of carbonyl (C=O) groups excluding carboxylic acids is 1. The van der Waals surface area contributed by atoms with Crippen molar-refractivity contribution in [1.82, 2.24) is 14.5 Å². The number of aryl methyl sites for hydroxylation is 1. The normalized spacial score (nSPS) is 20.6. The molecule has 1 amide bonds. The van der Waals surface area contributed by atoms with Crippen molar-refractivity contribution >= 4 is 5.91 Å². The van der Waals surface area contributed by atoms with Crippen molar-refractivity contribution in [2.45, 2.75) is 57.1 Å². The van der Waals surface area contributed by atoms with Crippen LogP contribution in [0.3, 0.4) is 0 Å². The Morgan fingerprint density at radius 2 is 1.78 bits per heavy atom. The molecule has 0 radical (unpaired) electrons. The van der Waals surface area contributed by atoms with Crippen LogP contribution >= 0.6 is 0 Å². The lowest BCUT2D eigenvalue weighted by Crippen LogP contribution is -2.62. The van der Waals surface area contributed by atoms with Crippen LogP contribution < -0.4 is 5.56 Å². The highest BCUT2D eigenvalue weighted by atomic mass is 16.3. The Labute approximate surface area is 217 Å². The molecular weight excluding hydrogens is 464 g/mol. The molecule has 1 saturated heterocycles. The van der Waals surface area contributed by atoms with Crippen LogP contribution in [0.1, 0.15) is 49.7 Å². The van der Waals surface area contributed by atoms with Crippen LogP contribution in [0.5, 0.6) is 0 Å². The summed E-state index contributed by atoms with van der Waals surface area (Å²) in [6, 6.07) is 20.6. The van der Waals surface area contributed by atoms with E-state index in [4.69, 9.17) is 5.26 Å². The van der Waals surface area contributed by atoms with E-state index in [-0.39, 0.29) is 18.0 Å². The zero-order valence-electron chi connectivity index (χ0n) is 21.0. The molecule has 1 spiro atoms. The smallest absolute Gasteiger partial charge is 0.253 e. The summed E-state index contributed by atoms with van der Waals surface area (Å²) < 4.78 is 1.52. The highest BCUT2D eigenvalue weighted by Crippen LogP contribution is 2.51. The molecule has 2 heterocycles. The summed E-state index contributed by atoms with van der Waals surface area (Å²) in [6.45, 7) is 1.16. The molecule has 2 fully saturated rings. The molecule has 37 heavy (non-hydrogen) atoms. The third kappa shape index (κ3) is 5.07. The second kappa shape index (κ2) is 10.3. The lowest BCUT2D eigenvalue weighted by atomic mass is 9.65. The van der Waals surface area contributed by atoms with E-state index in [2.05, 4.69) is 11.1 Å². The minimum atomic E-state index is -1.08. The van der Waals surface area contributed by atoms with Crippen LogP contribution in [0.25, 0.3) is 11.3 Å². The quantitative estimate of drug-likeness (QED) is 0.557. The van der Waals surface area contributed by atoms with Gasteiger partial charge in [-0.05, 0) is 43.4 Å². The fraction of sp³-hybridized carbons (Fsp3) is 0.400. The Bertz CT molecular complexity index is 1350. The number of benzene rings is 2. The number of likely N-dealkylation sites (tertiary alicyclic amines) is 1. The molecule has 1 aliphatic heterocycles. The summed E-state index contributed by atoms with van der Waals surface area (Å²) in [6.07, 6.45) is 6.69. The number of hydrogen-bond acceptors (Lipinski definition) is 5. The number of rotatable bonds is 6. The van der Waals surface area contributed by atoms with E-state index >= 15 is 0 Å². The molecule has 7 heteroatoms. The van der Waals surface area contributed by atoms with Crippen LogP contribution in [0.2, 0.25) is 0 Å². The summed E-state index contributed by atoms with van der Waals surface area (Å²) in [7, 11) is 0. The SMILES string of the molecule is N#Cc1ccc(CCC(=O)N2CC[C@@](O)(Cn3cnc(-c4ccccc4)cc3=O)C3(CCCC3)C2)cc1. The number of carbonyl (C=O) groups is 1. The van der Waals surface area contributed by atoms with E-state index in [9.17, 15) is 14.7 Å². The summed E-state index contributed by atoms with van der Waals surface area (Å²) in [5.41, 5.74) is 1.45. The molecule has 2 aliphatic rings. The molecule has 3 aromatic rings. The Morgan fingerprint density at radius 3 is 2.46 bits per heavy atom. The number of nitriles is 1. The second-order valence-corrected chi connectivity index (χ2v) is 10.5. The molecule has 0 unspecified atom stereocenters. The van der Waals surface area contributed by atoms with Gasteiger partial charge in [0.05, 0.1) is 35.8 Å². The van der Waals surface area contributed by atoms with Crippen molar-refractivity contribution in [3.05, 3.63) is 88.5 Å². The summed E-state index contributed by atoms with van der Waals surface area (Å²) in [5.74, 6) is 0.0868. The van der Waals surface area contributed by atoms with Gasteiger partial charge < -0.3 is 10.0 Å². The highest BCUT2D eigenvalue weighted by Gasteiger charge is 2.55. The maximum absolute atomic E-state index is 13.2. The summed E-state index contributed by atoms with van der Waals surface area (Å²) in [5, 5.41) is 21.0. The van der Waals surface area contributed by atoms with E-state index in [1.54, 1.807) is 18.5 Å². The van der Waals surface area contributed by atoms with Crippen LogP contribution in [-0.2, 0) is 17.8 Å². The molecule has 1 aliphatic carbocycles. The number of aliphatic hydroxyl groups is 1. The number of hydrogen-bond donors (Lipinski definition) is 1. The van der Waals surface area contributed by atoms with Gasteiger partial charge in [0.1, 0.15) is 0 Å². The number of nitrogens with zero attached hydrogens (tertiary/aromatic N) is 4. The van der Waals surface area contributed by atoms with Gasteiger partial charge >= 0.3 is 0 Å². The Morgan fingerprint density at radius 1 is 1.05 bits per heavy atom. The van der Waals surface area contributed by atoms with Crippen LogP contribution in [0, 0.1) is 16.7 Å². The molecule has 5 rings (SSSR count). The van der Waals surface area contributed by atoms with E-state index in [1.807, 2.05) is 47.4 Å². The van der Waals surface area contributed by atoms with Gasteiger partial charge in [0, 0.05) is 36.6 Å². The van der Waals surface area contributed by atoms with Gasteiger partial charge in [-0.2, -0.15) is 5.26 Å². The predicted molar refractivity (Wildman–Crippen MR) is 140 cm³/mol. The van der Waals surface area contributed by atoms with Crippen molar-refractivity contribution in [2.75, 3.05) is 13.1 Å². The van der Waals surface area contributed by atoms with Gasteiger partial charge in [-0.25, -0.2) is 4.98 Å². The Balaban J connectivity index is 1.29. The Kier molecular flexibility index (Phi) is 6.94. The third-order valence-corrected chi connectivity index (χ3v) is 8.28. The van der Waals surface area contributed by atoms with E-state index < -0.39 is 11.0 Å². The van der Waals surface area contributed by atoms with Gasteiger partial charge in [-0.1, -0.05) is 55.3 Å². The predicted octanol–water partition coefficient (Wildman–Crippen LogP) is 3.94. The lowest BCUT2D eigenvalue weighted by Gasteiger charge is -2.52. The first-order valence-corrected chi connectivity index (χ1v) is 13.0. The van der Waals surface area contributed by atoms with Crippen molar-refractivity contribution in [1.29, 1.82) is 5.26 Å². The minimum Gasteiger partial charge on any atom is -0.387 e. The van der Waals surface area contributed by atoms with Crippen LogP contribution in [0.4, 0.5) is 0 Å². The average molecular weight is 497 g/mol. The standard InChI is InChI=1S/C30H32N4O3/c31-19-24-10-8-23(9-11-24)12-13-27(35)33-17-16-30(37,29(20-33)14-4-5-15-29)21-34-22-32-26(18-28(34)36)25-6-2-1-3-7-25/h1-3,6-11,18,22,37H,4-5,12-17,20-21H2/t30-/m1/s1. The van der Waals surface area contributed by atoms with Gasteiger partial charge in [-0.3, -0.25) is 14.2 Å².